The number of carbonyl (C=O) groups is 1. The first-order valence-electron chi connectivity index (χ1n) is 6.41. The molecule has 1 saturated heterocycles. The van der Waals surface area contributed by atoms with Gasteiger partial charge in [0.15, 0.2) is 0 Å². The third kappa shape index (κ3) is 3.81. The van der Waals surface area contributed by atoms with E-state index in [1.54, 1.807) is 0 Å². The van der Waals surface area contributed by atoms with Gasteiger partial charge in [-0.15, -0.1) is 0 Å². The molecule has 1 fully saturated rings. The van der Waals surface area contributed by atoms with Gasteiger partial charge in [-0.2, -0.15) is 0 Å². The number of halogens is 2. The monoisotopic (exact) mass is 301 g/mol. The molecule has 2 heterocycles. The number of likely N-dealkylation sites (tertiary alicyclic amines) is 1. The average Bonchev–Trinajstić information content (AvgIpc) is 2.87. The summed E-state index contributed by atoms with van der Waals surface area (Å²) >= 11 is 11.7. The van der Waals surface area contributed by atoms with E-state index in [1.165, 1.54) is 12.3 Å². The van der Waals surface area contributed by atoms with Crippen LogP contribution in [-0.4, -0.2) is 42.0 Å². The zero-order valence-corrected chi connectivity index (χ0v) is 12.3. The normalized spacial score (nSPS) is 19.6. The molecule has 1 amide bonds. The van der Waals surface area contributed by atoms with Gasteiger partial charge in [0, 0.05) is 19.3 Å². The van der Waals surface area contributed by atoms with E-state index in [9.17, 15) is 4.79 Å². The topological polar surface area (TPSA) is 45.2 Å². The van der Waals surface area contributed by atoms with Crippen molar-refractivity contribution >= 4 is 29.1 Å². The third-order valence-corrected chi connectivity index (χ3v) is 3.94. The molecule has 0 aliphatic carbocycles. The molecule has 6 heteroatoms. The number of nitrogens with one attached hydrogen (secondary N) is 1. The van der Waals surface area contributed by atoms with Crippen molar-refractivity contribution in [2.24, 2.45) is 5.92 Å². The maximum atomic E-state index is 12.0. The molecular formula is C13H17Cl2N3O. The molecular weight excluding hydrogens is 285 g/mol. The molecule has 0 spiro atoms. The Hall–Kier alpha value is -0.840. The molecule has 1 aliphatic heterocycles. The number of amides is 1. The molecule has 1 atom stereocenters. The molecule has 1 aromatic heterocycles. The summed E-state index contributed by atoms with van der Waals surface area (Å²) in [5, 5.41) is 3.51. The van der Waals surface area contributed by atoms with E-state index >= 15 is 0 Å². The summed E-state index contributed by atoms with van der Waals surface area (Å²) in [6.07, 6.45) is 2.52. The van der Waals surface area contributed by atoms with E-state index in [4.69, 9.17) is 23.2 Å². The summed E-state index contributed by atoms with van der Waals surface area (Å²) in [5.41, 5.74) is 0.381. The number of carbonyl (C=O) groups excluding carboxylic acids is 1. The van der Waals surface area contributed by atoms with Crippen LogP contribution in [0.15, 0.2) is 12.3 Å². The quantitative estimate of drug-likeness (QED) is 0.869. The minimum absolute atomic E-state index is 0.191. The lowest BCUT2D eigenvalue weighted by molar-refractivity contribution is 0.0947. The summed E-state index contributed by atoms with van der Waals surface area (Å²) in [6.45, 7) is 6.04. The fraction of sp³-hybridized carbons (Fsp3) is 0.538. The van der Waals surface area contributed by atoms with E-state index < -0.39 is 0 Å². The lowest BCUT2D eigenvalue weighted by atomic mass is 10.1. The number of hydrogen-bond acceptors (Lipinski definition) is 3. The van der Waals surface area contributed by atoms with Crippen LogP contribution < -0.4 is 5.32 Å². The summed E-state index contributed by atoms with van der Waals surface area (Å²) in [7, 11) is 0. The lowest BCUT2D eigenvalue weighted by Gasteiger charge is -2.14. The first-order valence-corrected chi connectivity index (χ1v) is 7.17. The maximum absolute atomic E-state index is 12.0. The molecule has 0 aromatic carbocycles. The van der Waals surface area contributed by atoms with Crippen molar-refractivity contribution in [2.75, 3.05) is 26.2 Å². The Labute approximate surface area is 123 Å². The SMILES string of the molecule is CCN1CCC(CNC(=O)c2cc(Cl)ncc2Cl)C1. The van der Waals surface area contributed by atoms with Crippen LogP contribution in [0, 0.1) is 5.92 Å². The van der Waals surface area contributed by atoms with Crippen LogP contribution in [0.4, 0.5) is 0 Å². The number of nitrogens with zero attached hydrogens (tertiary/aromatic N) is 2. The molecule has 1 aromatic rings. The van der Waals surface area contributed by atoms with E-state index in [0.29, 0.717) is 23.0 Å². The van der Waals surface area contributed by atoms with Crippen molar-refractivity contribution in [3.63, 3.8) is 0 Å². The molecule has 1 N–H and O–H groups in total. The number of pyridine rings is 1. The molecule has 0 bridgehead atoms. The number of aromatic nitrogens is 1. The second kappa shape index (κ2) is 6.55. The van der Waals surface area contributed by atoms with Crippen molar-refractivity contribution in [3.05, 3.63) is 28.0 Å². The van der Waals surface area contributed by atoms with Gasteiger partial charge < -0.3 is 10.2 Å². The Balaban J connectivity index is 1.89. The van der Waals surface area contributed by atoms with E-state index in [-0.39, 0.29) is 11.1 Å². The Kier molecular flexibility index (Phi) is 5.02. The molecule has 1 unspecified atom stereocenters. The van der Waals surface area contributed by atoms with Crippen LogP contribution in [0.2, 0.25) is 10.2 Å². The Morgan fingerprint density at radius 1 is 1.58 bits per heavy atom. The molecule has 1 aliphatic rings. The largest absolute Gasteiger partial charge is 0.352 e. The van der Waals surface area contributed by atoms with Gasteiger partial charge in [-0.25, -0.2) is 4.98 Å². The lowest BCUT2D eigenvalue weighted by Crippen LogP contribution is -2.31. The Morgan fingerprint density at radius 3 is 3.05 bits per heavy atom. The van der Waals surface area contributed by atoms with Crippen molar-refractivity contribution in [3.8, 4) is 0 Å². The third-order valence-electron chi connectivity index (χ3n) is 3.44. The van der Waals surface area contributed by atoms with Crippen LogP contribution in [0.3, 0.4) is 0 Å². The highest BCUT2D eigenvalue weighted by Gasteiger charge is 2.22. The van der Waals surface area contributed by atoms with E-state index in [0.717, 1.165) is 26.1 Å². The maximum Gasteiger partial charge on any atom is 0.252 e. The van der Waals surface area contributed by atoms with Gasteiger partial charge in [-0.1, -0.05) is 30.1 Å². The highest BCUT2D eigenvalue weighted by Crippen LogP contribution is 2.19. The summed E-state index contributed by atoms with van der Waals surface area (Å²) in [5.74, 6) is 0.323. The second-order valence-corrected chi connectivity index (χ2v) is 5.54. The molecule has 4 nitrogen and oxygen atoms in total. The molecule has 19 heavy (non-hydrogen) atoms. The van der Waals surface area contributed by atoms with Gasteiger partial charge >= 0.3 is 0 Å². The van der Waals surface area contributed by atoms with Gasteiger partial charge in [0.1, 0.15) is 5.15 Å². The first kappa shape index (κ1) is 14.6. The van der Waals surface area contributed by atoms with Gasteiger partial charge in [-0.3, -0.25) is 4.79 Å². The van der Waals surface area contributed by atoms with Crippen LogP contribution in [0.5, 0.6) is 0 Å². The Bertz CT molecular complexity index is 467. The molecule has 0 radical (unpaired) electrons. The average molecular weight is 302 g/mol. The van der Waals surface area contributed by atoms with Crippen molar-refractivity contribution in [1.82, 2.24) is 15.2 Å². The van der Waals surface area contributed by atoms with Crippen molar-refractivity contribution < 1.29 is 4.79 Å². The van der Waals surface area contributed by atoms with Crippen LogP contribution in [-0.2, 0) is 0 Å². The molecule has 0 saturated carbocycles. The zero-order valence-electron chi connectivity index (χ0n) is 10.8. The van der Waals surface area contributed by atoms with Gasteiger partial charge in [-0.05, 0) is 31.5 Å². The van der Waals surface area contributed by atoms with Crippen molar-refractivity contribution in [1.29, 1.82) is 0 Å². The van der Waals surface area contributed by atoms with Gasteiger partial charge in [0.05, 0.1) is 10.6 Å². The molecule has 2 rings (SSSR count). The Morgan fingerprint density at radius 2 is 2.37 bits per heavy atom. The smallest absolute Gasteiger partial charge is 0.252 e. The van der Waals surface area contributed by atoms with Crippen LogP contribution in [0.25, 0.3) is 0 Å². The first-order chi connectivity index (χ1) is 9.10. The van der Waals surface area contributed by atoms with E-state index in [2.05, 4.69) is 22.1 Å². The number of rotatable bonds is 4. The standard InChI is InChI=1S/C13H17Cl2N3O/c1-2-18-4-3-9(8-18)6-17-13(19)10-5-12(15)16-7-11(10)14/h5,7,9H,2-4,6,8H2,1H3,(H,17,19). The number of hydrogen-bond donors (Lipinski definition) is 1. The minimum Gasteiger partial charge on any atom is -0.352 e. The summed E-state index contributed by atoms with van der Waals surface area (Å²) < 4.78 is 0. The second-order valence-electron chi connectivity index (χ2n) is 4.74. The van der Waals surface area contributed by atoms with Gasteiger partial charge in [0.2, 0.25) is 0 Å². The van der Waals surface area contributed by atoms with Crippen LogP contribution in [0.1, 0.15) is 23.7 Å². The van der Waals surface area contributed by atoms with Crippen LogP contribution >= 0.6 is 23.2 Å². The summed E-state index contributed by atoms with van der Waals surface area (Å²) in [4.78, 5) is 18.2. The van der Waals surface area contributed by atoms with Crippen molar-refractivity contribution in [2.45, 2.75) is 13.3 Å². The highest BCUT2D eigenvalue weighted by molar-refractivity contribution is 6.35. The minimum atomic E-state index is -0.191. The fourth-order valence-electron chi connectivity index (χ4n) is 2.29. The molecule has 104 valence electrons. The summed E-state index contributed by atoms with van der Waals surface area (Å²) in [6, 6.07) is 1.49. The van der Waals surface area contributed by atoms with E-state index in [1.807, 2.05) is 0 Å². The van der Waals surface area contributed by atoms with Gasteiger partial charge in [0.25, 0.3) is 5.91 Å². The highest BCUT2D eigenvalue weighted by atomic mass is 35.5. The fourth-order valence-corrected chi connectivity index (χ4v) is 2.63. The predicted molar refractivity (Wildman–Crippen MR) is 76.8 cm³/mol. The predicted octanol–water partition coefficient (Wildman–Crippen LogP) is 2.46. The zero-order chi connectivity index (χ0) is 13.8.